The van der Waals surface area contributed by atoms with Crippen molar-refractivity contribution in [2.24, 2.45) is 11.1 Å². The van der Waals surface area contributed by atoms with Crippen molar-refractivity contribution in [1.29, 1.82) is 0 Å². The van der Waals surface area contributed by atoms with Crippen molar-refractivity contribution in [3.63, 3.8) is 0 Å². The molecule has 20 heavy (non-hydrogen) atoms. The molecule has 0 unspecified atom stereocenters. The van der Waals surface area contributed by atoms with E-state index in [4.69, 9.17) is 10.5 Å². The van der Waals surface area contributed by atoms with Crippen LogP contribution in [0.2, 0.25) is 0 Å². The first-order valence-corrected chi connectivity index (χ1v) is 7.35. The third kappa shape index (κ3) is 4.96. The minimum Gasteiger partial charge on any atom is -0.478 e. The molecule has 2 N–H and O–H groups in total. The van der Waals surface area contributed by atoms with Gasteiger partial charge in [-0.3, -0.25) is 0 Å². The zero-order valence-electron chi connectivity index (χ0n) is 13.4. The van der Waals surface area contributed by atoms with Crippen LogP contribution in [-0.2, 0) is 0 Å². The average Bonchev–Trinajstić information content (AvgIpc) is 2.38. The van der Waals surface area contributed by atoms with E-state index in [2.05, 4.69) is 35.6 Å². The van der Waals surface area contributed by atoms with Gasteiger partial charge in [-0.25, -0.2) is 4.98 Å². The predicted octanol–water partition coefficient (Wildman–Crippen LogP) is 2.39. The lowest BCUT2D eigenvalue weighted by molar-refractivity contribution is 0.324. The molecule has 0 aliphatic heterocycles. The van der Waals surface area contributed by atoms with E-state index in [1.165, 1.54) is 0 Å². The Bertz CT molecular complexity index is 420. The first-order valence-electron chi connectivity index (χ1n) is 7.35. The van der Waals surface area contributed by atoms with Crippen LogP contribution in [-0.4, -0.2) is 36.2 Å². The molecular formula is C15H28N4O. The summed E-state index contributed by atoms with van der Waals surface area (Å²) in [6, 6.07) is 1.87. The number of aromatic nitrogens is 2. The standard InChI is InChI=1S/C15H28N4O/c1-6-8-19(11-15(4,5)10-16)14-17-12(3)9-13(18-14)20-7-2/h9H,6-8,10-11,16H2,1-5H3. The average molecular weight is 280 g/mol. The molecule has 0 fully saturated rings. The summed E-state index contributed by atoms with van der Waals surface area (Å²) in [5, 5.41) is 0. The van der Waals surface area contributed by atoms with E-state index in [0.29, 0.717) is 19.0 Å². The van der Waals surface area contributed by atoms with E-state index < -0.39 is 0 Å². The maximum Gasteiger partial charge on any atom is 0.228 e. The van der Waals surface area contributed by atoms with Crippen molar-refractivity contribution < 1.29 is 4.74 Å². The minimum atomic E-state index is 0.0358. The lowest BCUT2D eigenvalue weighted by atomic mass is 9.93. The van der Waals surface area contributed by atoms with Crippen LogP contribution in [0.25, 0.3) is 0 Å². The zero-order valence-corrected chi connectivity index (χ0v) is 13.4. The predicted molar refractivity (Wildman–Crippen MR) is 83.3 cm³/mol. The van der Waals surface area contributed by atoms with E-state index in [-0.39, 0.29) is 5.41 Å². The quantitative estimate of drug-likeness (QED) is 0.792. The van der Waals surface area contributed by atoms with Gasteiger partial charge in [0.2, 0.25) is 11.8 Å². The summed E-state index contributed by atoms with van der Waals surface area (Å²) >= 11 is 0. The van der Waals surface area contributed by atoms with Crippen molar-refractivity contribution in [3.8, 4) is 5.88 Å². The van der Waals surface area contributed by atoms with Gasteiger partial charge in [-0.1, -0.05) is 20.8 Å². The number of ether oxygens (including phenoxy) is 1. The van der Waals surface area contributed by atoms with Crippen molar-refractivity contribution in [2.75, 3.05) is 31.1 Å². The molecule has 1 heterocycles. The normalized spacial score (nSPS) is 11.5. The number of aryl methyl sites for hydroxylation is 1. The fourth-order valence-electron chi connectivity index (χ4n) is 1.99. The van der Waals surface area contributed by atoms with Crippen LogP contribution in [0.1, 0.15) is 39.8 Å². The molecule has 0 aliphatic carbocycles. The number of anilines is 1. The van der Waals surface area contributed by atoms with E-state index in [1.54, 1.807) is 0 Å². The fourth-order valence-corrected chi connectivity index (χ4v) is 1.99. The number of nitrogens with two attached hydrogens (primary N) is 1. The van der Waals surface area contributed by atoms with Gasteiger partial charge in [0.25, 0.3) is 0 Å². The van der Waals surface area contributed by atoms with E-state index >= 15 is 0 Å². The largest absolute Gasteiger partial charge is 0.478 e. The highest BCUT2D eigenvalue weighted by molar-refractivity contribution is 5.34. The molecule has 0 bridgehead atoms. The summed E-state index contributed by atoms with van der Waals surface area (Å²) in [4.78, 5) is 11.3. The highest BCUT2D eigenvalue weighted by Crippen LogP contribution is 2.21. The fraction of sp³-hybridized carbons (Fsp3) is 0.733. The van der Waals surface area contributed by atoms with Gasteiger partial charge in [0.05, 0.1) is 6.61 Å². The Labute approximate surface area is 122 Å². The van der Waals surface area contributed by atoms with Crippen LogP contribution in [0.3, 0.4) is 0 Å². The van der Waals surface area contributed by atoms with Crippen molar-refractivity contribution >= 4 is 5.95 Å². The zero-order chi connectivity index (χ0) is 15.2. The molecule has 114 valence electrons. The molecule has 1 aromatic rings. The number of rotatable bonds is 8. The molecule has 0 spiro atoms. The van der Waals surface area contributed by atoms with E-state index in [9.17, 15) is 0 Å². The van der Waals surface area contributed by atoms with Crippen LogP contribution in [0.4, 0.5) is 5.95 Å². The van der Waals surface area contributed by atoms with Gasteiger partial charge in [0.1, 0.15) is 0 Å². The van der Waals surface area contributed by atoms with Gasteiger partial charge in [-0.2, -0.15) is 4.98 Å². The second-order valence-electron chi connectivity index (χ2n) is 5.87. The molecule has 5 heteroatoms. The molecule has 1 rings (SSSR count). The van der Waals surface area contributed by atoms with Crippen LogP contribution in [0, 0.1) is 12.3 Å². The summed E-state index contributed by atoms with van der Waals surface area (Å²) in [6.45, 7) is 13.4. The Morgan fingerprint density at radius 3 is 2.55 bits per heavy atom. The summed E-state index contributed by atoms with van der Waals surface area (Å²) in [6.07, 6.45) is 1.04. The molecule has 5 nitrogen and oxygen atoms in total. The van der Waals surface area contributed by atoms with Crippen LogP contribution >= 0.6 is 0 Å². The highest BCUT2D eigenvalue weighted by Gasteiger charge is 2.22. The van der Waals surface area contributed by atoms with Gasteiger partial charge in [0, 0.05) is 24.8 Å². The van der Waals surface area contributed by atoms with Gasteiger partial charge in [-0.05, 0) is 32.2 Å². The van der Waals surface area contributed by atoms with Crippen LogP contribution in [0.15, 0.2) is 6.07 Å². The maximum absolute atomic E-state index is 5.84. The summed E-state index contributed by atoms with van der Waals surface area (Å²) < 4.78 is 5.51. The van der Waals surface area contributed by atoms with E-state index in [1.807, 2.05) is 19.9 Å². The van der Waals surface area contributed by atoms with Gasteiger partial charge >= 0.3 is 0 Å². The molecule has 1 aromatic heterocycles. The lowest BCUT2D eigenvalue weighted by Crippen LogP contribution is -2.40. The van der Waals surface area contributed by atoms with Crippen LogP contribution < -0.4 is 15.4 Å². The Kier molecular flexibility index (Phi) is 6.20. The third-order valence-corrected chi connectivity index (χ3v) is 3.06. The maximum atomic E-state index is 5.84. The second-order valence-corrected chi connectivity index (χ2v) is 5.87. The number of hydrogen-bond acceptors (Lipinski definition) is 5. The molecular weight excluding hydrogens is 252 g/mol. The Morgan fingerprint density at radius 2 is 2.00 bits per heavy atom. The summed E-state index contributed by atoms with van der Waals surface area (Å²) in [5.74, 6) is 1.37. The van der Waals surface area contributed by atoms with Crippen LogP contribution in [0.5, 0.6) is 5.88 Å². The van der Waals surface area contributed by atoms with Gasteiger partial charge in [-0.15, -0.1) is 0 Å². The Hall–Kier alpha value is -1.36. The molecule has 0 radical (unpaired) electrons. The van der Waals surface area contributed by atoms with Crippen molar-refractivity contribution in [2.45, 2.75) is 41.0 Å². The first kappa shape index (κ1) is 16.7. The molecule has 0 amide bonds. The topological polar surface area (TPSA) is 64.3 Å². The first-order chi connectivity index (χ1) is 9.41. The minimum absolute atomic E-state index is 0.0358. The third-order valence-electron chi connectivity index (χ3n) is 3.06. The van der Waals surface area contributed by atoms with Crippen molar-refractivity contribution in [3.05, 3.63) is 11.8 Å². The van der Waals surface area contributed by atoms with Gasteiger partial charge in [0.15, 0.2) is 0 Å². The summed E-state index contributed by atoms with van der Waals surface area (Å²) in [5.41, 5.74) is 6.80. The number of nitrogens with zero attached hydrogens (tertiary/aromatic N) is 3. The second kappa shape index (κ2) is 7.43. The summed E-state index contributed by atoms with van der Waals surface area (Å²) in [7, 11) is 0. The Balaban J connectivity index is 3.01. The van der Waals surface area contributed by atoms with Crippen molar-refractivity contribution in [1.82, 2.24) is 9.97 Å². The van der Waals surface area contributed by atoms with Gasteiger partial charge < -0.3 is 15.4 Å². The van der Waals surface area contributed by atoms with E-state index in [0.717, 1.165) is 31.2 Å². The SMILES string of the molecule is CCCN(CC(C)(C)CN)c1nc(C)cc(OCC)n1. The molecule has 0 aromatic carbocycles. The molecule has 0 aliphatic rings. The molecule has 0 atom stereocenters. The number of hydrogen-bond donors (Lipinski definition) is 1. The molecule has 0 saturated carbocycles. The molecule has 0 saturated heterocycles. The lowest BCUT2D eigenvalue weighted by Gasteiger charge is -2.32. The highest BCUT2D eigenvalue weighted by atomic mass is 16.5. The smallest absolute Gasteiger partial charge is 0.228 e. The Morgan fingerprint density at radius 1 is 1.30 bits per heavy atom. The monoisotopic (exact) mass is 280 g/mol.